The summed E-state index contributed by atoms with van der Waals surface area (Å²) in [7, 11) is 0. The Morgan fingerprint density at radius 2 is 1.78 bits per heavy atom. The molecule has 2 nitrogen and oxygen atoms in total. The molecule has 4 heteroatoms. The summed E-state index contributed by atoms with van der Waals surface area (Å²) in [6, 6.07) is 6.06. The van der Waals surface area contributed by atoms with Crippen molar-refractivity contribution in [2.24, 2.45) is 0 Å². The van der Waals surface area contributed by atoms with Gasteiger partial charge >= 0.3 is 0 Å². The molecule has 0 spiro atoms. The molecule has 100 valence electrons. The predicted molar refractivity (Wildman–Crippen MR) is 80.5 cm³/mol. The van der Waals surface area contributed by atoms with Crippen molar-refractivity contribution in [2.45, 2.75) is 32.1 Å². The number of rotatable bonds is 8. The quantitative estimate of drug-likeness (QED) is 0.428. The Labute approximate surface area is 121 Å². The number of carbonyl (C=O) groups excluding carboxylic acids is 1. The van der Waals surface area contributed by atoms with Gasteiger partial charge in [0.05, 0.1) is 6.42 Å². The lowest BCUT2D eigenvalue weighted by atomic mass is 10.1. The molecule has 18 heavy (non-hydrogen) atoms. The van der Waals surface area contributed by atoms with Gasteiger partial charge in [0, 0.05) is 6.54 Å². The monoisotopic (exact) mass is 363 g/mol. The number of nitrogens with one attached hydrogen (secondary N) is 1. The predicted octanol–water partition coefficient (Wildman–Crippen LogP) is 3.48. The Morgan fingerprint density at radius 1 is 1.11 bits per heavy atom. The largest absolute Gasteiger partial charge is 0.356 e. The molecule has 0 heterocycles. The van der Waals surface area contributed by atoms with E-state index in [2.05, 4.69) is 27.9 Å². The van der Waals surface area contributed by atoms with Gasteiger partial charge in [0.1, 0.15) is 5.82 Å². The molecule has 1 N–H and O–H groups in total. The first kappa shape index (κ1) is 15.4. The van der Waals surface area contributed by atoms with Crippen LogP contribution in [0.1, 0.15) is 31.2 Å². The van der Waals surface area contributed by atoms with Crippen LogP contribution in [-0.2, 0) is 11.2 Å². The van der Waals surface area contributed by atoms with Gasteiger partial charge in [-0.1, -0.05) is 47.6 Å². The van der Waals surface area contributed by atoms with E-state index in [4.69, 9.17) is 0 Å². The Kier molecular flexibility index (Phi) is 7.96. The smallest absolute Gasteiger partial charge is 0.224 e. The topological polar surface area (TPSA) is 29.1 Å². The fourth-order valence-corrected chi connectivity index (χ4v) is 2.19. The van der Waals surface area contributed by atoms with Gasteiger partial charge in [0.2, 0.25) is 5.91 Å². The third kappa shape index (κ3) is 6.93. The van der Waals surface area contributed by atoms with Crippen LogP contribution in [0.5, 0.6) is 0 Å². The van der Waals surface area contributed by atoms with Gasteiger partial charge in [0.25, 0.3) is 0 Å². The molecule has 0 aliphatic rings. The van der Waals surface area contributed by atoms with E-state index in [0.29, 0.717) is 6.42 Å². The van der Waals surface area contributed by atoms with Crippen LogP contribution in [0.2, 0.25) is 0 Å². The summed E-state index contributed by atoms with van der Waals surface area (Å²) in [5.41, 5.74) is 0.846. The van der Waals surface area contributed by atoms with E-state index in [1.54, 1.807) is 12.1 Å². The van der Waals surface area contributed by atoms with E-state index in [-0.39, 0.29) is 11.7 Å². The average molecular weight is 363 g/mol. The molecule has 1 rings (SSSR count). The molecule has 0 bridgehead atoms. The Hall–Kier alpha value is -0.650. The zero-order valence-electron chi connectivity index (χ0n) is 10.4. The van der Waals surface area contributed by atoms with Crippen molar-refractivity contribution >= 4 is 28.5 Å². The number of hydrogen-bond acceptors (Lipinski definition) is 1. The maximum absolute atomic E-state index is 12.7. The van der Waals surface area contributed by atoms with Crippen LogP contribution >= 0.6 is 22.6 Å². The molecule has 0 aliphatic carbocycles. The van der Waals surface area contributed by atoms with Crippen LogP contribution in [0.15, 0.2) is 24.3 Å². The molecule has 0 saturated heterocycles. The van der Waals surface area contributed by atoms with Crippen LogP contribution in [0.25, 0.3) is 0 Å². The first-order chi connectivity index (χ1) is 8.72. The van der Waals surface area contributed by atoms with E-state index in [0.717, 1.165) is 18.5 Å². The lowest BCUT2D eigenvalue weighted by Gasteiger charge is -2.05. The highest BCUT2D eigenvalue weighted by Crippen LogP contribution is 2.04. The molecular formula is C14H19FINO. The van der Waals surface area contributed by atoms with Gasteiger partial charge in [-0.25, -0.2) is 4.39 Å². The molecule has 1 amide bonds. The summed E-state index contributed by atoms with van der Waals surface area (Å²) in [6.07, 6.45) is 5.01. The fourth-order valence-electron chi connectivity index (χ4n) is 1.65. The maximum Gasteiger partial charge on any atom is 0.224 e. The number of benzene rings is 1. The average Bonchev–Trinajstić information content (AvgIpc) is 2.36. The summed E-state index contributed by atoms with van der Waals surface area (Å²) >= 11 is 2.38. The number of carbonyl (C=O) groups is 1. The summed E-state index contributed by atoms with van der Waals surface area (Å²) in [5, 5.41) is 2.89. The first-order valence-corrected chi connectivity index (χ1v) is 7.82. The van der Waals surface area contributed by atoms with Crippen LogP contribution < -0.4 is 5.32 Å². The molecule has 0 fully saturated rings. The van der Waals surface area contributed by atoms with Crippen LogP contribution in [0.3, 0.4) is 0 Å². The zero-order valence-corrected chi connectivity index (χ0v) is 12.6. The van der Waals surface area contributed by atoms with Gasteiger partial charge in [-0.15, -0.1) is 0 Å². The van der Waals surface area contributed by atoms with E-state index in [1.807, 2.05) is 0 Å². The minimum absolute atomic E-state index is 0.00972. The molecule has 0 atom stereocenters. The third-order valence-electron chi connectivity index (χ3n) is 2.66. The standard InChI is InChI=1S/C14H19FINO/c15-13-7-5-12(6-8-13)11-14(18)17-10-4-2-1-3-9-16/h5-8H,1-4,9-11H2,(H,17,18). The van der Waals surface area contributed by atoms with Gasteiger partial charge in [0.15, 0.2) is 0 Å². The Bertz CT molecular complexity index is 353. The maximum atomic E-state index is 12.7. The molecule has 0 aliphatic heterocycles. The Morgan fingerprint density at radius 3 is 2.44 bits per heavy atom. The van der Waals surface area contributed by atoms with Crippen LogP contribution in [0.4, 0.5) is 4.39 Å². The lowest BCUT2D eigenvalue weighted by Crippen LogP contribution is -2.26. The lowest BCUT2D eigenvalue weighted by molar-refractivity contribution is -0.120. The molecule has 0 aromatic heterocycles. The molecule has 1 aromatic carbocycles. The SMILES string of the molecule is O=C(Cc1ccc(F)cc1)NCCCCCCI. The van der Waals surface area contributed by atoms with Gasteiger partial charge in [-0.05, 0) is 35.0 Å². The van der Waals surface area contributed by atoms with Crippen molar-refractivity contribution in [2.75, 3.05) is 11.0 Å². The minimum atomic E-state index is -0.269. The Balaban J connectivity index is 2.12. The molecular weight excluding hydrogens is 344 g/mol. The van der Waals surface area contributed by atoms with Gasteiger partial charge < -0.3 is 5.32 Å². The number of hydrogen-bond donors (Lipinski definition) is 1. The summed E-state index contributed by atoms with van der Waals surface area (Å²) in [4.78, 5) is 11.6. The normalized spacial score (nSPS) is 10.3. The van der Waals surface area contributed by atoms with Crippen molar-refractivity contribution < 1.29 is 9.18 Å². The van der Waals surface area contributed by atoms with Crippen molar-refractivity contribution in [1.82, 2.24) is 5.32 Å². The summed E-state index contributed by atoms with van der Waals surface area (Å²) < 4.78 is 13.9. The van der Waals surface area contributed by atoms with E-state index >= 15 is 0 Å². The molecule has 1 aromatic rings. The highest BCUT2D eigenvalue weighted by Gasteiger charge is 2.02. The third-order valence-corrected chi connectivity index (χ3v) is 3.42. The molecule has 0 unspecified atom stereocenters. The van der Waals surface area contributed by atoms with Crippen LogP contribution in [-0.4, -0.2) is 16.9 Å². The van der Waals surface area contributed by atoms with Crippen molar-refractivity contribution in [1.29, 1.82) is 0 Å². The van der Waals surface area contributed by atoms with E-state index in [1.165, 1.54) is 35.8 Å². The highest BCUT2D eigenvalue weighted by molar-refractivity contribution is 14.1. The summed E-state index contributed by atoms with van der Waals surface area (Å²) in [5.74, 6) is -0.259. The first-order valence-electron chi connectivity index (χ1n) is 6.29. The number of amides is 1. The second kappa shape index (κ2) is 9.30. The zero-order chi connectivity index (χ0) is 13.2. The van der Waals surface area contributed by atoms with Gasteiger partial charge in [-0.2, -0.15) is 0 Å². The van der Waals surface area contributed by atoms with Gasteiger partial charge in [-0.3, -0.25) is 4.79 Å². The summed E-state index contributed by atoms with van der Waals surface area (Å²) in [6.45, 7) is 0.737. The number of alkyl halides is 1. The molecule has 0 saturated carbocycles. The van der Waals surface area contributed by atoms with Crippen LogP contribution in [0, 0.1) is 5.82 Å². The number of halogens is 2. The van der Waals surface area contributed by atoms with Crippen molar-refractivity contribution in [3.05, 3.63) is 35.6 Å². The van der Waals surface area contributed by atoms with Crippen molar-refractivity contribution in [3.63, 3.8) is 0 Å². The highest BCUT2D eigenvalue weighted by atomic mass is 127. The van der Waals surface area contributed by atoms with E-state index in [9.17, 15) is 9.18 Å². The molecule has 0 radical (unpaired) electrons. The number of unbranched alkanes of at least 4 members (excludes halogenated alkanes) is 3. The fraction of sp³-hybridized carbons (Fsp3) is 0.500. The second-order valence-corrected chi connectivity index (χ2v) is 5.34. The van der Waals surface area contributed by atoms with E-state index < -0.39 is 0 Å². The minimum Gasteiger partial charge on any atom is -0.356 e. The van der Waals surface area contributed by atoms with Crippen molar-refractivity contribution in [3.8, 4) is 0 Å². The second-order valence-electron chi connectivity index (χ2n) is 4.26.